The number of anilines is 1. The number of nitrogens with one attached hydrogen (secondary N) is 1. The first-order chi connectivity index (χ1) is 7.91. The van der Waals surface area contributed by atoms with Crippen LogP contribution in [-0.4, -0.2) is 12.5 Å². The highest BCUT2D eigenvalue weighted by atomic mass is 79.9. The molecule has 3 nitrogen and oxygen atoms in total. The van der Waals surface area contributed by atoms with Crippen molar-refractivity contribution in [1.82, 2.24) is 5.32 Å². The van der Waals surface area contributed by atoms with Crippen molar-refractivity contribution >= 4 is 27.5 Å². The highest BCUT2D eigenvalue weighted by molar-refractivity contribution is 9.10. The number of benzene rings is 1. The van der Waals surface area contributed by atoms with Crippen molar-refractivity contribution in [3.63, 3.8) is 0 Å². The zero-order chi connectivity index (χ0) is 12.6. The van der Waals surface area contributed by atoms with Gasteiger partial charge >= 0.3 is 0 Å². The van der Waals surface area contributed by atoms with E-state index >= 15 is 0 Å². The highest BCUT2D eigenvalue weighted by Crippen LogP contribution is 2.44. The van der Waals surface area contributed by atoms with Gasteiger partial charge in [-0.3, -0.25) is 4.79 Å². The van der Waals surface area contributed by atoms with Gasteiger partial charge in [-0.05, 0) is 42.9 Å². The summed E-state index contributed by atoms with van der Waals surface area (Å²) >= 11 is 3.36. The van der Waals surface area contributed by atoms with E-state index in [1.165, 1.54) is 12.8 Å². The lowest BCUT2D eigenvalue weighted by Gasteiger charge is -2.13. The Hall–Kier alpha value is -1.03. The number of carbonyl (C=O) groups excluding carboxylic acids is 1. The Kier molecular flexibility index (Phi) is 3.17. The fraction of sp³-hybridized carbons (Fsp3) is 0.462. The van der Waals surface area contributed by atoms with Gasteiger partial charge in [-0.1, -0.05) is 22.9 Å². The number of halogens is 1. The third kappa shape index (κ3) is 2.80. The number of hydrogen-bond acceptors (Lipinski definition) is 2. The summed E-state index contributed by atoms with van der Waals surface area (Å²) < 4.78 is 0.836. The van der Waals surface area contributed by atoms with Crippen LogP contribution in [-0.2, 0) is 0 Å². The molecular weight excluding hydrogens is 280 g/mol. The predicted octanol–water partition coefficient (Wildman–Crippen LogP) is 2.87. The number of amides is 1. The number of nitrogens with two attached hydrogens (primary N) is 1. The molecule has 1 amide bonds. The van der Waals surface area contributed by atoms with E-state index in [2.05, 4.69) is 28.2 Å². The first kappa shape index (κ1) is 12.4. The first-order valence-electron chi connectivity index (χ1n) is 5.75. The molecule has 1 saturated carbocycles. The highest BCUT2D eigenvalue weighted by Gasteiger charge is 2.37. The third-order valence-electron chi connectivity index (χ3n) is 3.44. The molecule has 0 bridgehead atoms. The van der Waals surface area contributed by atoms with Crippen LogP contribution in [0, 0.1) is 12.3 Å². The molecule has 92 valence electrons. The summed E-state index contributed by atoms with van der Waals surface area (Å²) in [7, 11) is 0. The minimum atomic E-state index is -0.0383. The molecule has 4 heteroatoms. The largest absolute Gasteiger partial charge is 0.398 e. The van der Waals surface area contributed by atoms with Gasteiger partial charge in [-0.15, -0.1) is 0 Å². The van der Waals surface area contributed by atoms with E-state index in [1.807, 2.05) is 19.1 Å². The Bertz CT molecular complexity index is 467. The van der Waals surface area contributed by atoms with Gasteiger partial charge in [0.05, 0.1) is 0 Å². The van der Waals surface area contributed by atoms with Crippen molar-refractivity contribution in [2.24, 2.45) is 5.41 Å². The molecule has 0 radical (unpaired) electrons. The molecule has 1 aromatic rings. The molecule has 0 unspecified atom stereocenters. The summed E-state index contributed by atoms with van der Waals surface area (Å²) in [5, 5.41) is 2.98. The molecule has 0 heterocycles. The van der Waals surface area contributed by atoms with Crippen LogP contribution in [0.2, 0.25) is 0 Å². The SMILES string of the molecule is Cc1c(N)cc(Br)cc1C(=O)NCC1(C)CC1. The van der Waals surface area contributed by atoms with Gasteiger partial charge in [-0.2, -0.15) is 0 Å². The molecule has 1 aliphatic carbocycles. The standard InChI is InChI=1S/C13H17BrN2O/c1-8-10(5-9(14)6-11(8)15)12(17)16-7-13(2)3-4-13/h5-6H,3-4,7,15H2,1-2H3,(H,16,17). The van der Waals surface area contributed by atoms with Crippen molar-refractivity contribution in [2.45, 2.75) is 26.7 Å². The molecule has 3 N–H and O–H groups in total. The minimum Gasteiger partial charge on any atom is -0.398 e. The predicted molar refractivity (Wildman–Crippen MR) is 73.0 cm³/mol. The second-order valence-electron chi connectivity index (χ2n) is 5.16. The zero-order valence-corrected chi connectivity index (χ0v) is 11.7. The monoisotopic (exact) mass is 296 g/mol. The Balaban J connectivity index is 2.13. The lowest BCUT2D eigenvalue weighted by molar-refractivity contribution is 0.0945. The van der Waals surface area contributed by atoms with Crippen molar-refractivity contribution in [3.05, 3.63) is 27.7 Å². The van der Waals surface area contributed by atoms with Crippen molar-refractivity contribution in [2.75, 3.05) is 12.3 Å². The molecule has 1 aliphatic rings. The molecule has 17 heavy (non-hydrogen) atoms. The van der Waals surface area contributed by atoms with Crippen molar-refractivity contribution in [3.8, 4) is 0 Å². The Morgan fingerprint density at radius 2 is 2.18 bits per heavy atom. The molecular formula is C13H17BrN2O. The van der Waals surface area contributed by atoms with Gasteiger partial charge in [0.25, 0.3) is 5.91 Å². The Morgan fingerprint density at radius 1 is 1.53 bits per heavy atom. The van der Waals surface area contributed by atoms with E-state index in [-0.39, 0.29) is 5.91 Å². The second-order valence-corrected chi connectivity index (χ2v) is 6.08. The number of nitrogen functional groups attached to an aromatic ring is 1. The van der Waals surface area contributed by atoms with E-state index in [4.69, 9.17) is 5.73 Å². The van der Waals surface area contributed by atoms with Crippen LogP contribution in [0.3, 0.4) is 0 Å². The fourth-order valence-corrected chi connectivity index (χ4v) is 2.19. The van der Waals surface area contributed by atoms with Crippen LogP contribution < -0.4 is 11.1 Å². The molecule has 0 aliphatic heterocycles. The molecule has 0 aromatic heterocycles. The average molecular weight is 297 g/mol. The molecule has 0 atom stereocenters. The normalized spacial score (nSPS) is 16.6. The Morgan fingerprint density at radius 3 is 2.76 bits per heavy atom. The van der Waals surface area contributed by atoms with E-state index in [9.17, 15) is 4.79 Å². The summed E-state index contributed by atoms with van der Waals surface area (Å²) in [5.74, 6) is -0.0383. The van der Waals surface area contributed by atoms with E-state index in [0.717, 1.165) is 16.6 Å². The van der Waals surface area contributed by atoms with Gasteiger partial charge < -0.3 is 11.1 Å². The Labute approximate surface area is 110 Å². The molecule has 0 spiro atoms. The van der Waals surface area contributed by atoms with Gasteiger partial charge in [0, 0.05) is 22.3 Å². The van der Waals surface area contributed by atoms with Crippen LogP contribution in [0.15, 0.2) is 16.6 Å². The summed E-state index contributed by atoms with van der Waals surface area (Å²) in [6.07, 6.45) is 2.40. The maximum absolute atomic E-state index is 12.1. The lowest BCUT2D eigenvalue weighted by Crippen LogP contribution is -2.29. The second kappa shape index (κ2) is 4.33. The van der Waals surface area contributed by atoms with Crippen LogP contribution >= 0.6 is 15.9 Å². The van der Waals surface area contributed by atoms with Gasteiger partial charge in [-0.25, -0.2) is 0 Å². The molecule has 0 saturated heterocycles. The summed E-state index contributed by atoms with van der Waals surface area (Å²) in [6, 6.07) is 3.63. The molecule has 2 rings (SSSR count). The fourth-order valence-electron chi connectivity index (χ4n) is 1.72. The smallest absolute Gasteiger partial charge is 0.251 e. The summed E-state index contributed by atoms with van der Waals surface area (Å²) in [6.45, 7) is 4.81. The van der Waals surface area contributed by atoms with E-state index in [0.29, 0.717) is 16.7 Å². The minimum absolute atomic E-state index is 0.0383. The van der Waals surface area contributed by atoms with E-state index in [1.54, 1.807) is 0 Å². The molecule has 1 fully saturated rings. The van der Waals surface area contributed by atoms with Crippen LogP contribution in [0.4, 0.5) is 5.69 Å². The number of hydrogen-bond donors (Lipinski definition) is 2. The average Bonchev–Trinajstić information content (AvgIpc) is 2.99. The van der Waals surface area contributed by atoms with Crippen LogP contribution in [0.1, 0.15) is 35.7 Å². The lowest BCUT2D eigenvalue weighted by atomic mass is 10.1. The van der Waals surface area contributed by atoms with Gasteiger partial charge in [0.1, 0.15) is 0 Å². The van der Waals surface area contributed by atoms with Crippen molar-refractivity contribution < 1.29 is 4.79 Å². The third-order valence-corrected chi connectivity index (χ3v) is 3.89. The summed E-state index contributed by atoms with van der Waals surface area (Å²) in [4.78, 5) is 12.1. The topological polar surface area (TPSA) is 55.1 Å². The zero-order valence-electron chi connectivity index (χ0n) is 10.1. The molecule has 1 aromatic carbocycles. The van der Waals surface area contributed by atoms with Gasteiger partial charge in [0.2, 0.25) is 0 Å². The van der Waals surface area contributed by atoms with Gasteiger partial charge in [0.15, 0.2) is 0 Å². The summed E-state index contributed by atoms with van der Waals surface area (Å²) in [5.41, 5.74) is 8.30. The maximum atomic E-state index is 12.1. The number of carbonyl (C=O) groups is 1. The quantitative estimate of drug-likeness (QED) is 0.843. The van der Waals surface area contributed by atoms with Crippen molar-refractivity contribution in [1.29, 1.82) is 0 Å². The van der Waals surface area contributed by atoms with E-state index < -0.39 is 0 Å². The first-order valence-corrected chi connectivity index (χ1v) is 6.54. The maximum Gasteiger partial charge on any atom is 0.251 e. The van der Waals surface area contributed by atoms with Crippen LogP contribution in [0.5, 0.6) is 0 Å². The van der Waals surface area contributed by atoms with Crippen LogP contribution in [0.25, 0.3) is 0 Å². The number of rotatable bonds is 3.